The van der Waals surface area contributed by atoms with Gasteiger partial charge in [0.15, 0.2) is 0 Å². The number of ether oxygens (including phenoxy) is 1. The molecule has 0 spiro atoms. The largest absolute Gasteiger partial charge is 0.394 e. The molecule has 0 aliphatic carbocycles. The molecule has 4 heteroatoms. The van der Waals surface area contributed by atoms with E-state index >= 15 is 0 Å². The quantitative estimate of drug-likeness (QED) is 0.639. The molecule has 13 heavy (non-hydrogen) atoms. The molecule has 0 aromatic carbocycles. The number of aliphatic hydroxyl groups excluding tert-OH is 1. The van der Waals surface area contributed by atoms with Crippen LogP contribution in [0.1, 0.15) is 6.92 Å². The normalized spacial score (nSPS) is 28.6. The Morgan fingerprint density at radius 2 is 2.38 bits per heavy atom. The second kappa shape index (κ2) is 4.39. The lowest BCUT2D eigenvalue weighted by atomic mass is 10.2. The second-order valence-corrected chi connectivity index (χ2v) is 3.23. The minimum Gasteiger partial charge on any atom is -0.394 e. The van der Waals surface area contributed by atoms with Crippen LogP contribution in [0, 0.1) is 0 Å². The topological polar surface area (TPSA) is 45.1 Å². The first-order valence-electron chi connectivity index (χ1n) is 4.34. The van der Waals surface area contributed by atoms with Crippen LogP contribution in [0.4, 0.5) is 0 Å². The molecule has 0 aromatic heterocycles. The van der Waals surface area contributed by atoms with Gasteiger partial charge in [0.05, 0.1) is 18.8 Å². The van der Waals surface area contributed by atoms with E-state index in [1.165, 1.54) is 0 Å². The third-order valence-corrected chi connectivity index (χ3v) is 2.08. The van der Waals surface area contributed by atoms with E-state index in [-0.39, 0.29) is 18.8 Å². The molecule has 1 heterocycles. The van der Waals surface area contributed by atoms with Gasteiger partial charge in [-0.25, -0.2) is 4.99 Å². The predicted molar refractivity (Wildman–Crippen MR) is 51.7 cm³/mol. The maximum atomic E-state index is 8.95. The van der Waals surface area contributed by atoms with Gasteiger partial charge in [-0.2, -0.15) is 0 Å². The number of hydrogen-bond acceptors (Lipinski definition) is 4. The lowest BCUT2D eigenvalue weighted by molar-refractivity contribution is -0.0867. The summed E-state index contributed by atoms with van der Waals surface area (Å²) in [4.78, 5) is 5.73. The van der Waals surface area contributed by atoms with Crippen molar-refractivity contribution in [1.82, 2.24) is 4.90 Å². The number of rotatable bonds is 3. The molecule has 1 aliphatic rings. The summed E-state index contributed by atoms with van der Waals surface area (Å²) in [5, 5.41) is 8.95. The van der Waals surface area contributed by atoms with Crippen molar-refractivity contribution in [2.75, 3.05) is 19.7 Å². The lowest BCUT2D eigenvalue weighted by Crippen LogP contribution is -2.46. The molecular formula is C9H16N2O2. The van der Waals surface area contributed by atoms with Gasteiger partial charge in [-0.1, -0.05) is 6.58 Å². The molecule has 1 rings (SSSR count). The molecule has 1 aliphatic heterocycles. The van der Waals surface area contributed by atoms with E-state index in [4.69, 9.17) is 9.84 Å². The van der Waals surface area contributed by atoms with Crippen molar-refractivity contribution < 1.29 is 9.84 Å². The van der Waals surface area contributed by atoms with E-state index in [9.17, 15) is 0 Å². The van der Waals surface area contributed by atoms with Gasteiger partial charge in [-0.05, 0) is 13.6 Å². The van der Waals surface area contributed by atoms with Crippen LogP contribution in [0.25, 0.3) is 0 Å². The van der Waals surface area contributed by atoms with Crippen LogP contribution >= 0.6 is 0 Å². The lowest BCUT2D eigenvalue weighted by Gasteiger charge is -2.36. The molecule has 0 aromatic rings. The Kier molecular flexibility index (Phi) is 3.45. The fraction of sp³-hybridized carbons (Fsp3) is 0.667. The Morgan fingerprint density at radius 3 is 2.92 bits per heavy atom. The minimum absolute atomic E-state index is 0.0330. The summed E-state index contributed by atoms with van der Waals surface area (Å²) < 4.78 is 5.47. The maximum Gasteiger partial charge on any atom is 0.120 e. The molecule has 74 valence electrons. The first-order valence-corrected chi connectivity index (χ1v) is 4.34. The maximum absolute atomic E-state index is 8.95. The third-order valence-electron chi connectivity index (χ3n) is 2.08. The van der Waals surface area contributed by atoms with E-state index in [0.717, 1.165) is 6.54 Å². The van der Waals surface area contributed by atoms with E-state index in [1.54, 1.807) is 0 Å². The van der Waals surface area contributed by atoms with Crippen LogP contribution < -0.4 is 0 Å². The molecular weight excluding hydrogens is 168 g/mol. The summed E-state index contributed by atoms with van der Waals surface area (Å²) in [5.41, 5.74) is 0. The van der Waals surface area contributed by atoms with Gasteiger partial charge in [-0.15, -0.1) is 0 Å². The Balaban J connectivity index is 2.56. The van der Waals surface area contributed by atoms with Gasteiger partial charge >= 0.3 is 0 Å². The van der Waals surface area contributed by atoms with Crippen molar-refractivity contribution in [2.24, 2.45) is 4.99 Å². The molecule has 1 fully saturated rings. The highest BCUT2D eigenvalue weighted by Crippen LogP contribution is 2.14. The summed E-state index contributed by atoms with van der Waals surface area (Å²) in [6.45, 7) is 10.6. The molecule has 1 N–H and O–H groups in total. The van der Waals surface area contributed by atoms with Crippen molar-refractivity contribution in [3.05, 3.63) is 12.4 Å². The second-order valence-electron chi connectivity index (χ2n) is 3.23. The van der Waals surface area contributed by atoms with E-state index in [2.05, 4.69) is 18.3 Å². The van der Waals surface area contributed by atoms with Gasteiger partial charge in [0, 0.05) is 13.1 Å². The number of aliphatic hydroxyl groups is 1. The summed E-state index contributed by atoms with van der Waals surface area (Å²) in [6, 6.07) is 0. The fourth-order valence-corrected chi connectivity index (χ4v) is 1.46. The Hall–Kier alpha value is -0.870. The molecule has 0 saturated carbocycles. The van der Waals surface area contributed by atoms with Crippen LogP contribution in [0.15, 0.2) is 17.4 Å². The van der Waals surface area contributed by atoms with Gasteiger partial charge in [0.1, 0.15) is 5.82 Å². The predicted octanol–water partition coefficient (Wildman–Crippen LogP) is 0.240. The fourth-order valence-electron chi connectivity index (χ4n) is 1.46. The standard InChI is InChI=1S/C9H16N2O2/c1-7-4-11(8(2)10-3)5-9(6-12)13-7/h7,9,12H,2-6H2,1H3/t7-,9+/m0/s1. The summed E-state index contributed by atoms with van der Waals surface area (Å²) >= 11 is 0. The molecule has 1 saturated heterocycles. The van der Waals surface area contributed by atoms with E-state index in [1.807, 2.05) is 11.8 Å². The highest BCUT2D eigenvalue weighted by atomic mass is 16.5. The average Bonchev–Trinajstić information content (AvgIpc) is 2.15. The van der Waals surface area contributed by atoms with Crippen molar-refractivity contribution in [3.8, 4) is 0 Å². The van der Waals surface area contributed by atoms with Crippen LogP contribution in [0.2, 0.25) is 0 Å². The highest BCUT2D eigenvalue weighted by molar-refractivity contribution is 5.27. The summed E-state index contributed by atoms with van der Waals surface area (Å²) in [7, 11) is 0. The van der Waals surface area contributed by atoms with Crippen LogP contribution in [0.5, 0.6) is 0 Å². The number of hydrogen-bond donors (Lipinski definition) is 1. The van der Waals surface area contributed by atoms with Crippen LogP contribution in [-0.2, 0) is 4.74 Å². The zero-order chi connectivity index (χ0) is 9.84. The zero-order valence-corrected chi connectivity index (χ0v) is 7.94. The van der Waals surface area contributed by atoms with Crippen molar-refractivity contribution in [2.45, 2.75) is 19.1 Å². The van der Waals surface area contributed by atoms with Crippen molar-refractivity contribution >= 4 is 6.72 Å². The van der Waals surface area contributed by atoms with Crippen molar-refractivity contribution in [1.29, 1.82) is 0 Å². The van der Waals surface area contributed by atoms with Crippen LogP contribution in [0.3, 0.4) is 0 Å². The van der Waals surface area contributed by atoms with Gasteiger partial charge < -0.3 is 14.7 Å². The highest BCUT2D eigenvalue weighted by Gasteiger charge is 2.24. The molecule has 0 amide bonds. The smallest absolute Gasteiger partial charge is 0.120 e. The number of aliphatic imine (C=N–C) groups is 1. The molecule has 0 radical (unpaired) electrons. The SMILES string of the molecule is C=NC(=C)N1C[C@H](CO)O[C@@H](C)C1. The average molecular weight is 184 g/mol. The van der Waals surface area contributed by atoms with E-state index in [0.29, 0.717) is 12.4 Å². The number of nitrogens with zero attached hydrogens (tertiary/aromatic N) is 2. The first-order chi connectivity index (χ1) is 6.17. The van der Waals surface area contributed by atoms with Gasteiger partial charge in [0.25, 0.3) is 0 Å². The first kappa shape index (κ1) is 10.2. The summed E-state index contributed by atoms with van der Waals surface area (Å²) in [5.74, 6) is 0.647. The van der Waals surface area contributed by atoms with Gasteiger partial charge in [-0.3, -0.25) is 0 Å². The third kappa shape index (κ3) is 2.54. The zero-order valence-electron chi connectivity index (χ0n) is 7.94. The molecule has 0 bridgehead atoms. The van der Waals surface area contributed by atoms with Crippen molar-refractivity contribution in [3.63, 3.8) is 0 Å². The molecule has 4 nitrogen and oxygen atoms in total. The van der Waals surface area contributed by atoms with E-state index < -0.39 is 0 Å². The molecule has 0 unspecified atom stereocenters. The monoisotopic (exact) mass is 184 g/mol. The molecule has 2 atom stereocenters. The van der Waals surface area contributed by atoms with Crippen LogP contribution in [-0.4, -0.2) is 48.6 Å². The number of morpholine rings is 1. The Morgan fingerprint density at radius 1 is 1.69 bits per heavy atom. The van der Waals surface area contributed by atoms with Gasteiger partial charge in [0.2, 0.25) is 0 Å². The Labute approximate surface area is 78.5 Å². The Bertz CT molecular complexity index is 206. The summed E-state index contributed by atoms with van der Waals surface area (Å²) in [6.07, 6.45) is -0.0355. The minimum atomic E-state index is -0.137.